The number of benzene rings is 2. The molecule has 2 N–H and O–H groups in total. The summed E-state index contributed by atoms with van der Waals surface area (Å²) in [6, 6.07) is 14.2. The molecule has 3 rings (SSSR count). The molecule has 8 heteroatoms. The molecule has 2 aromatic carbocycles. The molecule has 0 aliphatic heterocycles. The first kappa shape index (κ1) is 21.3. The minimum Gasteiger partial charge on any atom is -0.493 e. The Balaban J connectivity index is 1.63. The standard InChI is InChI=1S/C22H21FN2O4S/c1-13(2)29-17-9-6-15(12-18(17)28-3)21(26)24-25-22(27)20-11-10-19(30-20)14-4-7-16(23)8-5-14/h4-13H,1-3H3,(H,24,26)(H,25,27). The smallest absolute Gasteiger partial charge is 0.279 e. The van der Waals surface area contributed by atoms with Crippen LogP contribution in [0.4, 0.5) is 4.39 Å². The van der Waals surface area contributed by atoms with E-state index in [9.17, 15) is 14.0 Å². The van der Waals surface area contributed by atoms with Gasteiger partial charge in [-0.15, -0.1) is 11.3 Å². The molecule has 0 bridgehead atoms. The Bertz CT molecular complexity index is 1050. The molecule has 6 nitrogen and oxygen atoms in total. The third-order valence-corrected chi connectivity index (χ3v) is 5.17. The quantitative estimate of drug-likeness (QED) is 0.570. The maximum Gasteiger partial charge on any atom is 0.279 e. The predicted molar refractivity (Wildman–Crippen MR) is 113 cm³/mol. The molecule has 0 saturated heterocycles. The van der Waals surface area contributed by atoms with E-state index >= 15 is 0 Å². The average molecular weight is 428 g/mol. The van der Waals surface area contributed by atoms with Crippen molar-refractivity contribution >= 4 is 23.2 Å². The molecular weight excluding hydrogens is 407 g/mol. The lowest BCUT2D eigenvalue weighted by atomic mass is 10.2. The molecule has 2 amide bonds. The van der Waals surface area contributed by atoms with Crippen LogP contribution in [-0.4, -0.2) is 25.0 Å². The summed E-state index contributed by atoms with van der Waals surface area (Å²) in [6.07, 6.45) is -0.0385. The first-order valence-corrected chi connectivity index (χ1v) is 10.00. The van der Waals surface area contributed by atoms with Crippen molar-refractivity contribution in [2.45, 2.75) is 20.0 Å². The van der Waals surface area contributed by atoms with Crippen LogP contribution in [0.5, 0.6) is 11.5 Å². The molecule has 0 saturated carbocycles. The maximum atomic E-state index is 13.1. The fourth-order valence-corrected chi connectivity index (χ4v) is 3.54. The number of hydrazine groups is 1. The van der Waals surface area contributed by atoms with Gasteiger partial charge in [0.25, 0.3) is 11.8 Å². The van der Waals surface area contributed by atoms with Gasteiger partial charge in [-0.05, 0) is 61.9 Å². The van der Waals surface area contributed by atoms with E-state index in [-0.39, 0.29) is 11.9 Å². The minimum atomic E-state index is -0.493. The summed E-state index contributed by atoms with van der Waals surface area (Å²) in [5.41, 5.74) is 5.90. The molecule has 30 heavy (non-hydrogen) atoms. The van der Waals surface area contributed by atoms with E-state index in [2.05, 4.69) is 10.9 Å². The predicted octanol–water partition coefficient (Wildman–Crippen LogP) is 4.42. The van der Waals surface area contributed by atoms with E-state index in [1.54, 1.807) is 36.4 Å². The first-order valence-electron chi connectivity index (χ1n) is 9.18. The van der Waals surface area contributed by atoms with Gasteiger partial charge >= 0.3 is 0 Å². The van der Waals surface area contributed by atoms with Crippen LogP contribution in [0, 0.1) is 5.82 Å². The zero-order chi connectivity index (χ0) is 21.7. The number of carbonyl (C=O) groups is 2. The zero-order valence-electron chi connectivity index (χ0n) is 16.7. The normalized spacial score (nSPS) is 10.6. The molecule has 156 valence electrons. The van der Waals surface area contributed by atoms with Gasteiger partial charge in [0.1, 0.15) is 5.82 Å². The van der Waals surface area contributed by atoms with Gasteiger partial charge in [0.05, 0.1) is 18.1 Å². The fourth-order valence-electron chi connectivity index (χ4n) is 2.64. The van der Waals surface area contributed by atoms with Crippen LogP contribution in [-0.2, 0) is 0 Å². The molecule has 0 atom stereocenters. The van der Waals surface area contributed by atoms with Crippen molar-refractivity contribution in [2.24, 2.45) is 0 Å². The lowest BCUT2D eigenvalue weighted by Gasteiger charge is -2.14. The van der Waals surface area contributed by atoms with Gasteiger partial charge in [0, 0.05) is 10.4 Å². The van der Waals surface area contributed by atoms with Crippen molar-refractivity contribution in [2.75, 3.05) is 7.11 Å². The van der Waals surface area contributed by atoms with Crippen molar-refractivity contribution in [1.29, 1.82) is 0 Å². The molecule has 1 aromatic heterocycles. The topological polar surface area (TPSA) is 76.7 Å². The second-order valence-corrected chi connectivity index (χ2v) is 7.70. The number of rotatable bonds is 6. The highest BCUT2D eigenvalue weighted by atomic mass is 32.1. The molecular formula is C22H21FN2O4S. The summed E-state index contributed by atoms with van der Waals surface area (Å²) in [5.74, 6) is -0.317. The Morgan fingerprint density at radius 1 is 0.933 bits per heavy atom. The van der Waals surface area contributed by atoms with Crippen LogP contribution in [0.15, 0.2) is 54.6 Å². The minimum absolute atomic E-state index is 0.0385. The van der Waals surface area contributed by atoms with Gasteiger partial charge in [0.2, 0.25) is 0 Å². The van der Waals surface area contributed by atoms with E-state index in [1.165, 1.54) is 36.6 Å². The van der Waals surface area contributed by atoms with Crippen LogP contribution in [0.1, 0.15) is 33.9 Å². The van der Waals surface area contributed by atoms with Crippen LogP contribution in [0.2, 0.25) is 0 Å². The summed E-state index contributed by atoms with van der Waals surface area (Å²) in [7, 11) is 1.49. The average Bonchev–Trinajstić information content (AvgIpc) is 3.22. The SMILES string of the molecule is COc1cc(C(=O)NNC(=O)c2ccc(-c3ccc(F)cc3)s2)ccc1OC(C)C. The molecule has 0 fully saturated rings. The van der Waals surface area contributed by atoms with Crippen LogP contribution in [0.3, 0.4) is 0 Å². The summed E-state index contributed by atoms with van der Waals surface area (Å²) in [4.78, 5) is 26.0. The molecule has 0 aliphatic rings. The number of amides is 2. The second-order valence-electron chi connectivity index (χ2n) is 6.61. The van der Waals surface area contributed by atoms with Gasteiger partial charge in [-0.1, -0.05) is 12.1 Å². The number of nitrogens with one attached hydrogen (secondary N) is 2. The van der Waals surface area contributed by atoms with Crippen molar-refractivity contribution in [3.05, 3.63) is 70.9 Å². The number of hydrogen-bond donors (Lipinski definition) is 2. The fraction of sp³-hybridized carbons (Fsp3) is 0.182. The lowest BCUT2D eigenvalue weighted by Crippen LogP contribution is -2.41. The highest BCUT2D eigenvalue weighted by Gasteiger charge is 2.15. The van der Waals surface area contributed by atoms with Gasteiger partial charge in [0.15, 0.2) is 11.5 Å². The molecule has 0 unspecified atom stereocenters. The maximum absolute atomic E-state index is 13.1. The Morgan fingerprint density at radius 3 is 2.30 bits per heavy atom. The Hall–Kier alpha value is -3.39. The van der Waals surface area contributed by atoms with E-state index in [1.807, 2.05) is 13.8 Å². The van der Waals surface area contributed by atoms with Gasteiger partial charge in [-0.2, -0.15) is 0 Å². The van der Waals surface area contributed by atoms with Gasteiger partial charge in [-0.3, -0.25) is 20.4 Å². The van der Waals surface area contributed by atoms with Crippen molar-refractivity contribution < 1.29 is 23.5 Å². The zero-order valence-corrected chi connectivity index (χ0v) is 17.5. The Kier molecular flexibility index (Phi) is 6.68. The molecule has 0 aliphatic carbocycles. The van der Waals surface area contributed by atoms with E-state index in [0.717, 1.165) is 10.4 Å². The summed E-state index contributed by atoms with van der Waals surface area (Å²) in [5, 5.41) is 0. The molecule has 0 spiro atoms. The van der Waals surface area contributed by atoms with E-state index in [4.69, 9.17) is 9.47 Å². The largest absolute Gasteiger partial charge is 0.493 e. The first-order chi connectivity index (χ1) is 14.4. The third-order valence-electron chi connectivity index (χ3n) is 4.04. The summed E-state index contributed by atoms with van der Waals surface area (Å²) >= 11 is 1.24. The monoisotopic (exact) mass is 428 g/mol. The van der Waals surface area contributed by atoms with Crippen molar-refractivity contribution in [1.82, 2.24) is 10.9 Å². The van der Waals surface area contributed by atoms with Crippen LogP contribution >= 0.6 is 11.3 Å². The Morgan fingerprint density at radius 2 is 1.63 bits per heavy atom. The van der Waals surface area contributed by atoms with Gasteiger partial charge in [-0.25, -0.2) is 4.39 Å². The number of hydrogen-bond acceptors (Lipinski definition) is 5. The number of methoxy groups -OCH3 is 1. The van der Waals surface area contributed by atoms with Crippen LogP contribution in [0.25, 0.3) is 10.4 Å². The molecule has 1 heterocycles. The molecule has 0 radical (unpaired) electrons. The van der Waals surface area contributed by atoms with Crippen LogP contribution < -0.4 is 20.3 Å². The van der Waals surface area contributed by atoms with Crippen molar-refractivity contribution in [3.63, 3.8) is 0 Å². The number of ether oxygens (including phenoxy) is 2. The number of carbonyl (C=O) groups excluding carboxylic acids is 2. The number of halogens is 1. The highest BCUT2D eigenvalue weighted by molar-refractivity contribution is 7.17. The lowest BCUT2D eigenvalue weighted by molar-refractivity contribution is 0.0848. The summed E-state index contributed by atoms with van der Waals surface area (Å²) < 4.78 is 24.0. The Labute approximate surface area is 177 Å². The van der Waals surface area contributed by atoms with Crippen molar-refractivity contribution in [3.8, 4) is 21.9 Å². The highest BCUT2D eigenvalue weighted by Crippen LogP contribution is 2.29. The van der Waals surface area contributed by atoms with Gasteiger partial charge < -0.3 is 9.47 Å². The van der Waals surface area contributed by atoms with E-state index in [0.29, 0.717) is 21.9 Å². The molecule has 3 aromatic rings. The summed E-state index contributed by atoms with van der Waals surface area (Å²) in [6.45, 7) is 3.78. The van der Waals surface area contributed by atoms with E-state index < -0.39 is 11.8 Å². The number of thiophene rings is 1. The third kappa shape index (κ3) is 5.15. The second kappa shape index (κ2) is 9.41.